The summed E-state index contributed by atoms with van der Waals surface area (Å²) in [6, 6.07) is 14.3. The normalized spacial score (nSPS) is 13.9. The van der Waals surface area contributed by atoms with E-state index in [4.69, 9.17) is 0 Å². The Morgan fingerprint density at radius 2 is 1.66 bits per heavy atom. The van der Waals surface area contributed by atoms with E-state index in [2.05, 4.69) is 35.9 Å². The van der Waals surface area contributed by atoms with Crippen LogP contribution < -0.4 is 15.0 Å². The number of carbonyl (C=O) groups is 2. The lowest BCUT2D eigenvalue weighted by Gasteiger charge is -2.36. The zero-order chi connectivity index (χ0) is 25.0. The fourth-order valence-corrected chi connectivity index (χ4v) is 4.05. The number of hydrogen-bond donors (Lipinski definition) is 1. The van der Waals surface area contributed by atoms with Gasteiger partial charge in [0.1, 0.15) is 5.75 Å². The lowest BCUT2D eigenvalue weighted by molar-refractivity contribution is -0.274. The second kappa shape index (κ2) is 10.3. The predicted molar refractivity (Wildman–Crippen MR) is 128 cm³/mol. The Morgan fingerprint density at radius 1 is 0.971 bits per heavy atom. The number of aromatic nitrogens is 1. The molecule has 0 saturated carbocycles. The summed E-state index contributed by atoms with van der Waals surface area (Å²) in [6.45, 7) is 1.69. The lowest BCUT2D eigenvalue weighted by Crippen LogP contribution is -2.48. The molecule has 2 heterocycles. The molecule has 0 bridgehead atoms. The SMILES string of the molecule is O=C(Nc1ccc(N2CCN(C(=O)c3ccccc3OC(F)(F)F)CC2)cc1)c1cncc(Br)c1. The molecule has 1 aliphatic rings. The summed E-state index contributed by atoms with van der Waals surface area (Å²) >= 11 is 3.29. The summed E-state index contributed by atoms with van der Waals surface area (Å²) in [5.74, 6) is -1.30. The summed E-state index contributed by atoms with van der Waals surface area (Å²) in [5.41, 5.74) is 1.82. The van der Waals surface area contributed by atoms with E-state index in [1.165, 1.54) is 29.3 Å². The third kappa shape index (κ3) is 6.30. The van der Waals surface area contributed by atoms with Crippen LogP contribution in [0, 0.1) is 0 Å². The highest BCUT2D eigenvalue weighted by Crippen LogP contribution is 2.28. The molecule has 1 fully saturated rings. The molecule has 182 valence electrons. The fourth-order valence-electron chi connectivity index (χ4n) is 3.69. The van der Waals surface area contributed by atoms with Crippen LogP contribution >= 0.6 is 15.9 Å². The van der Waals surface area contributed by atoms with Crippen LogP contribution in [0.4, 0.5) is 24.5 Å². The highest BCUT2D eigenvalue weighted by Gasteiger charge is 2.34. The van der Waals surface area contributed by atoms with Gasteiger partial charge >= 0.3 is 6.36 Å². The average Bonchev–Trinajstić information content (AvgIpc) is 2.83. The summed E-state index contributed by atoms with van der Waals surface area (Å²) in [4.78, 5) is 32.8. The topological polar surface area (TPSA) is 74.8 Å². The van der Waals surface area contributed by atoms with Gasteiger partial charge in [0.2, 0.25) is 0 Å². The minimum atomic E-state index is -4.88. The molecule has 4 rings (SSSR count). The molecule has 0 unspecified atom stereocenters. The van der Waals surface area contributed by atoms with Crippen LogP contribution in [0.5, 0.6) is 5.75 Å². The van der Waals surface area contributed by atoms with Gasteiger partial charge in [-0.2, -0.15) is 0 Å². The van der Waals surface area contributed by atoms with Gasteiger partial charge in [-0.1, -0.05) is 12.1 Å². The molecule has 7 nitrogen and oxygen atoms in total. The number of nitrogens with zero attached hydrogens (tertiary/aromatic N) is 3. The lowest BCUT2D eigenvalue weighted by atomic mass is 10.1. The fraction of sp³-hybridized carbons (Fsp3) is 0.208. The first-order chi connectivity index (χ1) is 16.7. The van der Waals surface area contributed by atoms with Crippen molar-refractivity contribution in [3.63, 3.8) is 0 Å². The highest BCUT2D eigenvalue weighted by atomic mass is 79.9. The van der Waals surface area contributed by atoms with Crippen molar-refractivity contribution in [3.05, 3.63) is 82.6 Å². The number of rotatable bonds is 5. The van der Waals surface area contributed by atoms with E-state index >= 15 is 0 Å². The van der Waals surface area contributed by atoms with Crippen molar-refractivity contribution < 1.29 is 27.5 Å². The first kappa shape index (κ1) is 24.5. The maximum Gasteiger partial charge on any atom is 0.573 e. The van der Waals surface area contributed by atoms with Gasteiger partial charge in [0.25, 0.3) is 11.8 Å². The van der Waals surface area contributed by atoms with Gasteiger partial charge in [0.15, 0.2) is 0 Å². The van der Waals surface area contributed by atoms with Crippen LogP contribution in [0.2, 0.25) is 0 Å². The Hall–Kier alpha value is -3.60. The van der Waals surface area contributed by atoms with Crippen molar-refractivity contribution in [1.29, 1.82) is 0 Å². The maximum absolute atomic E-state index is 12.8. The summed E-state index contributed by atoms with van der Waals surface area (Å²) in [5, 5.41) is 2.81. The first-order valence-corrected chi connectivity index (χ1v) is 11.4. The quantitative estimate of drug-likeness (QED) is 0.488. The molecule has 3 aromatic rings. The summed E-state index contributed by atoms with van der Waals surface area (Å²) < 4.78 is 42.8. The van der Waals surface area contributed by atoms with E-state index in [1.807, 2.05) is 12.1 Å². The number of ether oxygens (including phenoxy) is 1. The minimum Gasteiger partial charge on any atom is -0.405 e. The number of carbonyl (C=O) groups excluding carboxylic acids is 2. The maximum atomic E-state index is 12.8. The van der Waals surface area contributed by atoms with Gasteiger partial charge in [0.05, 0.1) is 11.1 Å². The van der Waals surface area contributed by atoms with E-state index in [0.717, 1.165) is 11.8 Å². The summed E-state index contributed by atoms with van der Waals surface area (Å²) in [7, 11) is 0. The molecule has 35 heavy (non-hydrogen) atoms. The molecule has 1 aliphatic heterocycles. The zero-order valence-corrected chi connectivity index (χ0v) is 19.8. The number of hydrogen-bond acceptors (Lipinski definition) is 5. The minimum absolute atomic E-state index is 0.126. The van der Waals surface area contributed by atoms with Gasteiger partial charge in [-0.15, -0.1) is 13.2 Å². The molecular formula is C24H20BrF3N4O3. The Bertz CT molecular complexity index is 1210. The van der Waals surface area contributed by atoms with Crippen LogP contribution in [-0.2, 0) is 0 Å². The smallest absolute Gasteiger partial charge is 0.405 e. The molecule has 1 saturated heterocycles. The van der Waals surface area contributed by atoms with Gasteiger partial charge in [-0.3, -0.25) is 14.6 Å². The van der Waals surface area contributed by atoms with Crippen LogP contribution in [0.1, 0.15) is 20.7 Å². The van der Waals surface area contributed by atoms with Gasteiger partial charge in [-0.05, 0) is 58.4 Å². The molecule has 2 aromatic carbocycles. The number of pyridine rings is 1. The second-order valence-electron chi connectivity index (χ2n) is 7.72. The molecule has 11 heteroatoms. The molecule has 0 radical (unpaired) electrons. The molecule has 1 aromatic heterocycles. The molecule has 2 amide bonds. The van der Waals surface area contributed by atoms with Crippen molar-refractivity contribution >= 4 is 39.1 Å². The van der Waals surface area contributed by atoms with Crippen molar-refractivity contribution in [2.45, 2.75) is 6.36 Å². The number of nitrogens with one attached hydrogen (secondary N) is 1. The Morgan fingerprint density at radius 3 is 2.31 bits per heavy atom. The Kier molecular flexibility index (Phi) is 7.25. The van der Waals surface area contributed by atoms with E-state index < -0.39 is 18.0 Å². The Labute approximate surface area is 207 Å². The predicted octanol–water partition coefficient (Wildman–Crippen LogP) is 4.96. The first-order valence-electron chi connectivity index (χ1n) is 10.6. The van der Waals surface area contributed by atoms with Gasteiger partial charge in [0, 0.05) is 54.4 Å². The second-order valence-corrected chi connectivity index (χ2v) is 8.63. The number of alkyl halides is 3. The Balaban J connectivity index is 1.35. The third-order valence-electron chi connectivity index (χ3n) is 5.37. The van der Waals surface area contributed by atoms with Crippen molar-refractivity contribution in [1.82, 2.24) is 9.88 Å². The summed E-state index contributed by atoms with van der Waals surface area (Å²) in [6.07, 6.45) is -1.81. The van der Waals surface area contributed by atoms with Gasteiger partial charge < -0.3 is 19.9 Å². The number of anilines is 2. The van der Waals surface area contributed by atoms with E-state index in [9.17, 15) is 22.8 Å². The molecule has 0 atom stereocenters. The van der Waals surface area contributed by atoms with E-state index in [1.54, 1.807) is 24.4 Å². The number of para-hydroxylation sites is 1. The van der Waals surface area contributed by atoms with Gasteiger partial charge in [-0.25, -0.2) is 0 Å². The van der Waals surface area contributed by atoms with Crippen LogP contribution in [0.25, 0.3) is 0 Å². The van der Waals surface area contributed by atoms with E-state index in [-0.39, 0.29) is 11.5 Å². The number of benzene rings is 2. The van der Waals surface area contributed by atoms with Crippen LogP contribution in [0.15, 0.2) is 71.5 Å². The van der Waals surface area contributed by atoms with Crippen molar-refractivity contribution in [3.8, 4) is 5.75 Å². The average molecular weight is 549 g/mol. The number of piperazine rings is 1. The zero-order valence-electron chi connectivity index (χ0n) is 18.3. The van der Waals surface area contributed by atoms with Crippen molar-refractivity contribution in [2.24, 2.45) is 0 Å². The molecular weight excluding hydrogens is 529 g/mol. The number of amides is 2. The van der Waals surface area contributed by atoms with Crippen molar-refractivity contribution in [2.75, 3.05) is 36.4 Å². The molecule has 0 spiro atoms. The standard InChI is InChI=1S/C24H20BrF3N4O3/c25-17-13-16(14-29-15-17)22(33)30-18-5-7-19(8-6-18)31-9-11-32(12-10-31)23(34)20-3-1-2-4-21(20)35-24(26,27)28/h1-8,13-15H,9-12H2,(H,30,33). The number of halogens is 4. The third-order valence-corrected chi connectivity index (χ3v) is 5.80. The van der Waals surface area contributed by atoms with Crippen LogP contribution in [0.3, 0.4) is 0 Å². The highest BCUT2D eigenvalue weighted by molar-refractivity contribution is 9.10. The monoisotopic (exact) mass is 548 g/mol. The molecule has 1 N–H and O–H groups in total. The molecule has 0 aliphatic carbocycles. The van der Waals surface area contributed by atoms with E-state index in [0.29, 0.717) is 41.9 Å². The largest absolute Gasteiger partial charge is 0.573 e. The van der Waals surface area contributed by atoms with Crippen LogP contribution in [-0.4, -0.2) is 54.2 Å².